The number of carbonyl (C=O) groups excluding carboxylic acids is 1. The molecule has 0 radical (unpaired) electrons. The topological polar surface area (TPSA) is 32.3 Å². The van der Waals surface area contributed by atoms with Crippen LogP contribution in [0.4, 0.5) is 0 Å². The van der Waals surface area contributed by atoms with Crippen molar-refractivity contribution in [2.75, 3.05) is 19.6 Å². The lowest BCUT2D eigenvalue weighted by Crippen LogP contribution is -2.31. The Balaban J connectivity index is 2.02. The van der Waals surface area contributed by atoms with Crippen LogP contribution < -0.4 is 5.32 Å². The van der Waals surface area contributed by atoms with Gasteiger partial charge in [0.15, 0.2) is 0 Å². The lowest BCUT2D eigenvalue weighted by Gasteiger charge is -2.20. The average Bonchev–Trinajstić information content (AvgIpc) is 2.48. The normalized spacial score (nSPS) is 17.3. The largest absolute Gasteiger partial charge is 0.337 e. The fraction of sp³-hybridized carbons (Fsp3) is 0.462. The standard InChI is InChI=1S/C13H18N2O/c1-11-2-4-12(5-3-11)10-15-9-8-14-7-6-13(15)16/h2-5,14H,6-10H2,1H3. The number of hydrogen-bond donors (Lipinski definition) is 1. The lowest BCUT2D eigenvalue weighted by atomic mass is 10.1. The Hall–Kier alpha value is -1.35. The van der Waals surface area contributed by atoms with Crippen LogP contribution in [0.1, 0.15) is 17.5 Å². The first kappa shape index (κ1) is 11.1. The quantitative estimate of drug-likeness (QED) is 0.812. The van der Waals surface area contributed by atoms with Gasteiger partial charge in [0.1, 0.15) is 0 Å². The van der Waals surface area contributed by atoms with Crippen LogP contribution >= 0.6 is 0 Å². The number of carbonyl (C=O) groups is 1. The van der Waals surface area contributed by atoms with E-state index in [1.165, 1.54) is 11.1 Å². The average molecular weight is 218 g/mol. The predicted octanol–water partition coefficient (Wildman–Crippen LogP) is 1.32. The number of aryl methyl sites for hydroxylation is 1. The van der Waals surface area contributed by atoms with Gasteiger partial charge in [-0.1, -0.05) is 29.8 Å². The second kappa shape index (κ2) is 5.12. The van der Waals surface area contributed by atoms with Gasteiger partial charge in [0.25, 0.3) is 0 Å². The lowest BCUT2D eigenvalue weighted by molar-refractivity contribution is -0.130. The Morgan fingerprint density at radius 2 is 2.00 bits per heavy atom. The molecule has 2 rings (SSSR count). The molecule has 0 atom stereocenters. The van der Waals surface area contributed by atoms with Crippen molar-refractivity contribution in [1.29, 1.82) is 0 Å². The third-order valence-electron chi connectivity index (χ3n) is 2.92. The van der Waals surface area contributed by atoms with Crippen LogP contribution in [0.25, 0.3) is 0 Å². The molecule has 1 aromatic carbocycles. The van der Waals surface area contributed by atoms with E-state index in [1.54, 1.807) is 0 Å². The number of nitrogens with one attached hydrogen (secondary N) is 1. The van der Waals surface area contributed by atoms with Crippen LogP contribution in [0, 0.1) is 6.92 Å². The molecule has 16 heavy (non-hydrogen) atoms. The summed E-state index contributed by atoms with van der Waals surface area (Å²) in [6.07, 6.45) is 0.617. The maximum Gasteiger partial charge on any atom is 0.224 e. The van der Waals surface area contributed by atoms with Gasteiger partial charge in [-0.2, -0.15) is 0 Å². The van der Waals surface area contributed by atoms with Crippen molar-refractivity contribution < 1.29 is 4.79 Å². The van der Waals surface area contributed by atoms with Gasteiger partial charge >= 0.3 is 0 Å². The highest BCUT2D eigenvalue weighted by Gasteiger charge is 2.15. The molecule has 1 fully saturated rings. The molecule has 1 N–H and O–H groups in total. The van der Waals surface area contributed by atoms with Crippen molar-refractivity contribution in [1.82, 2.24) is 10.2 Å². The Labute approximate surface area is 96.5 Å². The Morgan fingerprint density at radius 3 is 2.75 bits per heavy atom. The van der Waals surface area contributed by atoms with Gasteiger partial charge in [-0.25, -0.2) is 0 Å². The van der Waals surface area contributed by atoms with Crippen molar-refractivity contribution in [2.45, 2.75) is 19.9 Å². The molecular weight excluding hydrogens is 200 g/mol. The molecular formula is C13H18N2O. The summed E-state index contributed by atoms with van der Waals surface area (Å²) in [4.78, 5) is 13.7. The number of benzene rings is 1. The summed E-state index contributed by atoms with van der Waals surface area (Å²) < 4.78 is 0. The summed E-state index contributed by atoms with van der Waals surface area (Å²) in [6, 6.07) is 8.38. The molecule has 0 aromatic heterocycles. The van der Waals surface area contributed by atoms with E-state index in [-0.39, 0.29) is 5.91 Å². The van der Waals surface area contributed by atoms with Crippen LogP contribution in [-0.4, -0.2) is 30.4 Å². The molecule has 0 unspecified atom stereocenters. The van der Waals surface area contributed by atoms with Gasteiger partial charge in [0, 0.05) is 32.6 Å². The second-order valence-corrected chi connectivity index (χ2v) is 4.30. The fourth-order valence-electron chi connectivity index (χ4n) is 1.90. The first-order valence-corrected chi connectivity index (χ1v) is 5.80. The highest BCUT2D eigenvalue weighted by Crippen LogP contribution is 2.08. The summed E-state index contributed by atoms with van der Waals surface area (Å²) in [5, 5.41) is 3.24. The molecule has 3 nitrogen and oxygen atoms in total. The minimum atomic E-state index is 0.255. The monoisotopic (exact) mass is 218 g/mol. The third kappa shape index (κ3) is 2.83. The third-order valence-corrected chi connectivity index (χ3v) is 2.92. The van der Waals surface area contributed by atoms with E-state index in [4.69, 9.17) is 0 Å². The van der Waals surface area contributed by atoms with Crippen molar-refractivity contribution in [3.63, 3.8) is 0 Å². The van der Waals surface area contributed by atoms with Crippen LogP contribution in [0.2, 0.25) is 0 Å². The molecule has 1 amide bonds. The van der Waals surface area contributed by atoms with E-state index in [1.807, 2.05) is 4.90 Å². The SMILES string of the molecule is Cc1ccc(CN2CCNCCC2=O)cc1. The molecule has 1 aliphatic heterocycles. The predicted molar refractivity (Wildman–Crippen MR) is 64.1 cm³/mol. The minimum Gasteiger partial charge on any atom is -0.337 e. The van der Waals surface area contributed by atoms with E-state index in [0.717, 1.165) is 26.2 Å². The van der Waals surface area contributed by atoms with Gasteiger partial charge in [0.2, 0.25) is 5.91 Å². The molecule has 86 valence electrons. The van der Waals surface area contributed by atoms with Gasteiger partial charge in [-0.15, -0.1) is 0 Å². The van der Waals surface area contributed by atoms with Gasteiger partial charge < -0.3 is 10.2 Å². The maximum atomic E-state index is 11.8. The molecule has 0 bridgehead atoms. The molecule has 3 heteroatoms. The van der Waals surface area contributed by atoms with E-state index >= 15 is 0 Å². The Kier molecular flexibility index (Phi) is 3.57. The van der Waals surface area contributed by atoms with E-state index < -0.39 is 0 Å². The molecule has 1 saturated heterocycles. The molecule has 1 aromatic rings. The van der Waals surface area contributed by atoms with Crippen molar-refractivity contribution in [3.8, 4) is 0 Å². The van der Waals surface area contributed by atoms with Crippen LogP contribution in [0.5, 0.6) is 0 Å². The summed E-state index contributed by atoms with van der Waals surface area (Å²) >= 11 is 0. The zero-order valence-electron chi connectivity index (χ0n) is 9.70. The first-order chi connectivity index (χ1) is 7.75. The molecule has 0 aliphatic carbocycles. The zero-order chi connectivity index (χ0) is 11.4. The number of hydrogen-bond acceptors (Lipinski definition) is 2. The van der Waals surface area contributed by atoms with Crippen LogP contribution in [0.15, 0.2) is 24.3 Å². The number of amides is 1. The molecule has 0 spiro atoms. The zero-order valence-corrected chi connectivity index (χ0v) is 9.70. The Bertz CT molecular complexity index is 359. The minimum absolute atomic E-state index is 0.255. The number of nitrogens with zero attached hydrogens (tertiary/aromatic N) is 1. The molecule has 1 heterocycles. The van der Waals surface area contributed by atoms with Crippen LogP contribution in [-0.2, 0) is 11.3 Å². The first-order valence-electron chi connectivity index (χ1n) is 5.80. The fourth-order valence-corrected chi connectivity index (χ4v) is 1.90. The van der Waals surface area contributed by atoms with Crippen molar-refractivity contribution in [2.24, 2.45) is 0 Å². The maximum absolute atomic E-state index is 11.8. The van der Waals surface area contributed by atoms with Crippen molar-refractivity contribution >= 4 is 5.91 Å². The Morgan fingerprint density at radius 1 is 1.25 bits per heavy atom. The van der Waals surface area contributed by atoms with Gasteiger partial charge in [-0.05, 0) is 12.5 Å². The summed E-state index contributed by atoms with van der Waals surface area (Å²) in [5.74, 6) is 0.255. The van der Waals surface area contributed by atoms with E-state index in [0.29, 0.717) is 6.42 Å². The smallest absolute Gasteiger partial charge is 0.224 e. The highest BCUT2D eigenvalue weighted by molar-refractivity contribution is 5.76. The summed E-state index contributed by atoms with van der Waals surface area (Å²) in [6.45, 7) is 5.33. The summed E-state index contributed by atoms with van der Waals surface area (Å²) in [5.41, 5.74) is 2.47. The van der Waals surface area contributed by atoms with E-state index in [2.05, 4.69) is 36.5 Å². The summed E-state index contributed by atoms with van der Waals surface area (Å²) in [7, 11) is 0. The highest BCUT2D eigenvalue weighted by atomic mass is 16.2. The number of rotatable bonds is 2. The van der Waals surface area contributed by atoms with Crippen LogP contribution in [0.3, 0.4) is 0 Å². The van der Waals surface area contributed by atoms with Crippen molar-refractivity contribution in [3.05, 3.63) is 35.4 Å². The van der Waals surface area contributed by atoms with E-state index in [9.17, 15) is 4.79 Å². The van der Waals surface area contributed by atoms with Gasteiger partial charge in [-0.3, -0.25) is 4.79 Å². The second-order valence-electron chi connectivity index (χ2n) is 4.30. The molecule has 0 saturated carbocycles. The van der Waals surface area contributed by atoms with Gasteiger partial charge in [0.05, 0.1) is 0 Å². The molecule has 1 aliphatic rings.